The predicted molar refractivity (Wildman–Crippen MR) is 144 cm³/mol. The Kier molecular flexibility index (Phi) is 10.0. The summed E-state index contributed by atoms with van der Waals surface area (Å²) in [6.07, 6.45) is -8.73. The Morgan fingerprint density at radius 2 is 1.54 bits per heavy atom. The van der Waals surface area contributed by atoms with Crippen molar-refractivity contribution >= 4 is 39.1 Å². The zero-order valence-electron chi connectivity index (χ0n) is 22.3. The van der Waals surface area contributed by atoms with E-state index in [1.807, 2.05) is 4.90 Å². The van der Waals surface area contributed by atoms with Crippen molar-refractivity contribution in [2.75, 3.05) is 32.4 Å². The molecule has 0 spiro atoms. The van der Waals surface area contributed by atoms with Gasteiger partial charge >= 0.3 is 12.4 Å². The van der Waals surface area contributed by atoms with Gasteiger partial charge in [-0.05, 0) is 68.3 Å². The molecule has 0 saturated carbocycles. The van der Waals surface area contributed by atoms with Crippen LogP contribution in [0.1, 0.15) is 42.5 Å². The van der Waals surface area contributed by atoms with E-state index in [4.69, 9.17) is 23.2 Å². The minimum absolute atomic E-state index is 0.0235. The molecule has 6 nitrogen and oxygen atoms in total. The summed E-state index contributed by atoms with van der Waals surface area (Å²) >= 11 is 12.2. The summed E-state index contributed by atoms with van der Waals surface area (Å²) in [4.78, 5) is 15.6. The molecule has 3 rings (SSSR count). The lowest BCUT2D eigenvalue weighted by atomic mass is 9.78. The van der Waals surface area contributed by atoms with Crippen molar-refractivity contribution < 1.29 is 39.6 Å². The van der Waals surface area contributed by atoms with Crippen LogP contribution in [0.4, 0.5) is 26.3 Å². The first-order valence-corrected chi connectivity index (χ1v) is 15.0. The minimum Gasteiger partial charge on any atom is -0.351 e. The molecule has 2 atom stereocenters. The van der Waals surface area contributed by atoms with Gasteiger partial charge in [0.2, 0.25) is 15.9 Å². The largest absolute Gasteiger partial charge is 0.416 e. The molecule has 1 amide bonds. The van der Waals surface area contributed by atoms with Gasteiger partial charge in [-0.3, -0.25) is 4.79 Å². The van der Waals surface area contributed by atoms with E-state index in [0.717, 1.165) is 6.26 Å². The topological polar surface area (TPSA) is 69.7 Å². The maximum absolute atomic E-state index is 13.6. The number of carbonyl (C=O) groups is 1. The molecule has 2 aromatic rings. The van der Waals surface area contributed by atoms with E-state index < -0.39 is 51.4 Å². The van der Waals surface area contributed by atoms with Gasteiger partial charge in [-0.25, -0.2) is 8.42 Å². The van der Waals surface area contributed by atoms with E-state index >= 15 is 0 Å². The minimum atomic E-state index is -5.02. The molecule has 1 unspecified atom stereocenters. The average Bonchev–Trinajstić information content (AvgIpc) is 2.85. The number of amides is 1. The van der Waals surface area contributed by atoms with E-state index in [-0.39, 0.29) is 40.7 Å². The van der Waals surface area contributed by atoms with Gasteiger partial charge < -0.3 is 10.2 Å². The third-order valence-corrected chi connectivity index (χ3v) is 9.30. The molecule has 0 bridgehead atoms. The fraction of sp³-hybridized carbons (Fsp3) is 0.500. The molecule has 1 fully saturated rings. The molecule has 0 radical (unpaired) electrons. The first-order chi connectivity index (χ1) is 18.7. The molecule has 0 aromatic heterocycles. The zero-order valence-corrected chi connectivity index (χ0v) is 24.7. The van der Waals surface area contributed by atoms with Crippen molar-refractivity contribution in [2.24, 2.45) is 0 Å². The SMILES string of the molecule is C[C@H]1CN(CCC(C)(C(=O)NCc2cc(C(F)(F)F)cc(C(F)(F)F)c2)c2ccc(Cl)c(Cl)c2)CCN1S(C)(=O)=O. The highest BCUT2D eigenvalue weighted by molar-refractivity contribution is 7.88. The summed E-state index contributed by atoms with van der Waals surface area (Å²) in [5.74, 6) is -0.648. The summed E-state index contributed by atoms with van der Waals surface area (Å²) in [6, 6.07) is 5.38. The summed E-state index contributed by atoms with van der Waals surface area (Å²) in [5, 5.41) is 2.88. The Labute approximate surface area is 244 Å². The first-order valence-electron chi connectivity index (χ1n) is 12.4. The van der Waals surface area contributed by atoms with Crippen LogP contribution in [0, 0.1) is 0 Å². The Balaban J connectivity index is 1.86. The maximum Gasteiger partial charge on any atom is 0.416 e. The lowest BCUT2D eigenvalue weighted by molar-refractivity contribution is -0.143. The van der Waals surface area contributed by atoms with E-state index in [2.05, 4.69) is 5.32 Å². The number of hydrogen-bond acceptors (Lipinski definition) is 4. The van der Waals surface area contributed by atoms with Crippen LogP contribution in [0.25, 0.3) is 0 Å². The number of piperazine rings is 1. The summed E-state index contributed by atoms with van der Waals surface area (Å²) < 4.78 is 105. The van der Waals surface area contributed by atoms with Crippen molar-refractivity contribution in [3.05, 3.63) is 68.7 Å². The number of hydrogen-bond donors (Lipinski definition) is 1. The first kappa shape index (κ1) is 33.4. The molecular weight excluding hydrogens is 619 g/mol. The van der Waals surface area contributed by atoms with E-state index in [1.54, 1.807) is 19.9 Å². The Morgan fingerprint density at radius 3 is 2.02 bits per heavy atom. The van der Waals surface area contributed by atoms with Gasteiger partial charge in [-0.1, -0.05) is 29.3 Å². The molecule has 1 aliphatic heterocycles. The summed E-state index contributed by atoms with van der Waals surface area (Å²) in [6.45, 7) is 4.17. The van der Waals surface area contributed by atoms with Gasteiger partial charge in [0, 0.05) is 32.2 Å². The lowest BCUT2D eigenvalue weighted by Crippen LogP contribution is -2.54. The normalized spacial score (nSPS) is 19.1. The van der Waals surface area contributed by atoms with Gasteiger partial charge in [0.1, 0.15) is 0 Å². The molecule has 1 aliphatic rings. The molecule has 2 aromatic carbocycles. The van der Waals surface area contributed by atoms with Crippen LogP contribution < -0.4 is 5.32 Å². The Morgan fingerprint density at radius 1 is 0.951 bits per heavy atom. The van der Waals surface area contributed by atoms with Gasteiger partial charge in [-0.2, -0.15) is 30.6 Å². The number of nitrogens with one attached hydrogen (secondary N) is 1. The Bertz CT molecular complexity index is 1360. The van der Waals surface area contributed by atoms with Gasteiger partial charge in [0.15, 0.2) is 0 Å². The third-order valence-electron chi connectivity index (χ3n) is 7.16. The van der Waals surface area contributed by atoms with Crippen LogP contribution in [0.5, 0.6) is 0 Å². The molecule has 1 heterocycles. The summed E-state index contributed by atoms with van der Waals surface area (Å²) in [7, 11) is -3.39. The molecule has 228 valence electrons. The van der Waals surface area contributed by atoms with Crippen LogP contribution >= 0.6 is 23.2 Å². The molecule has 41 heavy (non-hydrogen) atoms. The second kappa shape index (κ2) is 12.3. The molecule has 1 saturated heterocycles. The van der Waals surface area contributed by atoms with Crippen molar-refractivity contribution in [1.29, 1.82) is 0 Å². The highest BCUT2D eigenvalue weighted by atomic mass is 35.5. The smallest absolute Gasteiger partial charge is 0.351 e. The predicted octanol–water partition coefficient (Wildman–Crippen LogP) is 5.96. The van der Waals surface area contributed by atoms with Crippen LogP contribution in [0.3, 0.4) is 0 Å². The summed E-state index contributed by atoms with van der Waals surface area (Å²) in [5.41, 5.74) is -4.22. The van der Waals surface area contributed by atoms with Crippen LogP contribution in [0.2, 0.25) is 10.0 Å². The monoisotopic (exact) mass is 647 g/mol. The number of alkyl halides is 6. The highest BCUT2D eigenvalue weighted by Gasteiger charge is 2.39. The lowest BCUT2D eigenvalue weighted by Gasteiger charge is -2.40. The fourth-order valence-corrected chi connectivity index (χ4v) is 6.25. The van der Waals surface area contributed by atoms with Crippen molar-refractivity contribution in [1.82, 2.24) is 14.5 Å². The number of carbonyl (C=O) groups excluding carboxylic acids is 1. The average molecular weight is 648 g/mol. The zero-order chi connectivity index (χ0) is 31.0. The van der Waals surface area contributed by atoms with Crippen molar-refractivity contribution in [2.45, 2.75) is 50.6 Å². The maximum atomic E-state index is 13.6. The van der Waals surface area contributed by atoms with Crippen LogP contribution in [-0.2, 0) is 39.1 Å². The number of halogens is 8. The molecule has 1 N–H and O–H groups in total. The number of rotatable bonds is 8. The van der Waals surface area contributed by atoms with Crippen molar-refractivity contribution in [3.8, 4) is 0 Å². The fourth-order valence-electron chi connectivity index (χ4n) is 4.82. The molecule has 15 heteroatoms. The van der Waals surface area contributed by atoms with E-state index in [9.17, 15) is 39.6 Å². The van der Waals surface area contributed by atoms with E-state index in [1.165, 1.54) is 16.4 Å². The third kappa shape index (κ3) is 8.28. The number of sulfonamides is 1. The molecular formula is C26H29Cl2F6N3O3S. The number of benzene rings is 2. The van der Waals surface area contributed by atoms with Crippen molar-refractivity contribution in [3.63, 3.8) is 0 Å². The number of nitrogens with zero attached hydrogens (tertiary/aromatic N) is 2. The van der Waals surface area contributed by atoms with Gasteiger partial charge in [0.05, 0.1) is 32.8 Å². The van der Waals surface area contributed by atoms with Crippen LogP contribution in [0.15, 0.2) is 36.4 Å². The van der Waals surface area contributed by atoms with E-state index in [0.29, 0.717) is 37.3 Å². The highest BCUT2D eigenvalue weighted by Crippen LogP contribution is 2.37. The van der Waals surface area contributed by atoms with Gasteiger partial charge in [-0.15, -0.1) is 0 Å². The molecule has 0 aliphatic carbocycles. The van der Waals surface area contributed by atoms with Crippen LogP contribution in [-0.4, -0.2) is 62.0 Å². The second-order valence-electron chi connectivity index (χ2n) is 10.3. The quantitative estimate of drug-likeness (QED) is 0.359. The Hall–Kier alpha value is -2.06. The van der Waals surface area contributed by atoms with Gasteiger partial charge in [0.25, 0.3) is 0 Å². The second-order valence-corrected chi connectivity index (χ2v) is 13.1. The standard InChI is InChI=1S/C26H29Cl2F6N3O3S/c1-16-15-36(8-9-37(16)41(3,39)40)7-6-24(2,18-4-5-21(27)22(28)13-18)23(38)35-14-17-10-19(25(29,30)31)12-20(11-17)26(32,33)34/h4-5,10-13,16H,6-9,14-15H2,1-3H3,(H,35,38)/t16-,24?/m0/s1.